The van der Waals surface area contributed by atoms with Gasteiger partial charge in [-0.1, -0.05) is 44.5 Å². The van der Waals surface area contributed by atoms with Crippen molar-refractivity contribution in [3.63, 3.8) is 0 Å². The highest BCUT2D eigenvalue weighted by atomic mass is 35.5. The number of ether oxygens (including phenoxy) is 1. The maximum atomic E-state index is 6.22. The van der Waals surface area contributed by atoms with E-state index in [1.807, 2.05) is 24.3 Å². The molecule has 0 aliphatic carbocycles. The third-order valence-corrected chi connectivity index (χ3v) is 2.94. The van der Waals surface area contributed by atoms with Crippen molar-refractivity contribution in [2.75, 3.05) is 7.11 Å². The summed E-state index contributed by atoms with van der Waals surface area (Å²) in [5.41, 5.74) is 7.27. The average Bonchev–Trinajstić information content (AvgIpc) is 2.17. The molecule has 0 heterocycles. The Kier molecular flexibility index (Phi) is 4.36. The van der Waals surface area contributed by atoms with E-state index in [-0.39, 0.29) is 17.6 Å². The van der Waals surface area contributed by atoms with Gasteiger partial charge >= 0.3 is 0 Å². The molecule has 2 unspecified atom stereocenters. The minimum Gasteiger partial charge on any atom is -0.379 e. The molecule has 0 aliphatic heterocycles. The molecule has 0 fully saturated rings. The van der Waals surface area contributed by atoms with Gasteiger partial charge in [0.1, 0.15) is 0 Å². The molecule has 0 radical (unpaired) electrons. The molecule has 3 heteroatoms. The van der Waals surface area contributed by atoms with Crippen molar-refractivity contribution in [2.24, 2.45) is 11.1 Å². The lowest BCUT2D eigenvalue weighted by molar-refractivity contribution is -0.00243. The molecule has 0 saturated carbocycles. The second-order valence-corrected chi connectivity index (χ2v) is 5.54. The maximum Gasteiger partial charge on any atom is 0.0811 e. The lowest BCUT2D eigenvalue weighted by Gasteiger charge is -2.34. The summed E-state index contributed by atoms with van der Waals surface area (Å²) in [6, 6.07) is 7.47. The Morgan fingerprint density at radius 1 is 1.19 bits per heavy atom. The molecule has 0 amide bonds. The van der Waals surface area contributed by atoms with Crippen LogP contribution in [0.25, 0.3) is 0 Å². The van der Waals surface area contributed by atoms with Crippen LogP contribution in [0.1, 0.15) is 32.4 Å². The van der Waals surface area contributed by atoms with Crippen molar-refractivity contribution in [3.8, 4) is 0 Å². The second kappa shape index (κ2) is 5.17. The molecule has 0 spiro atoms. The predicted octanol–water partition coefficient (Wildman–Crippen LogP) is 3.40. The lowest BCUT2D eigenvalue weighted by Crippen LogP contribution is -2.38. The lowest BCUT2D eigenvalue weighted by atomic mass is 9.82. The molecule has 0 aromatic heterocycles. The van der Waals surface area contributed by atoms with Crippen LogP contribution in [0.3, 0.4) is 0 Å². The summed E-state index contributed by atoms with van der Waals surface area (Å²) >= 11 is 5.85. The fourth-order valence-corrected chi connectivity index (χ4v) is 2.02. The molecule has 2 atom stereocenters. The summed E-state index contributed by atoms with van der Waals surface area (Å²) in [6.07, 6.45) is -0.0197. The number of methoxy groups -OCH3 is 1. The van der Waals surface area contributed by atoms with Crippen molar-refractivity contribution in [1.29, 1.82) is 0 Å². The average molecular weight is 242 g/mol. The minimum atomic E-state index is -0.137. The number of hydrogen-bond acceptors (Lipinski definition) is 2. The number of hydrogen-bond donors (Lipinski definition) is 1. The molecule has 1 aromatic rings. The number of rotatable bonds is 3. The highest BCUT2D eigenvalue weighted by molar-refractivity contribution is 6.30. The molecule has 2 nitrogen and oxygen atoms in total. The highest BCUT2D eigenvalue weighted by Crippen LogP contribution is 2.31. The van der Waals surface area contributed by atoms with Crippen LogP contribution in [0.5, 0.6) is 0 Å². The van der Waals surface area contributed by atoms with Crippen molar-refractivity contribution in [3.05, 3.63) is 34.9 Å². The van der Waals surface area contributed by atoms with E-state index in [2.05, 4.69) is 20.8 Å². The first-order valence-corrected chi connectivity index (χ1v) is 5.78. The van der Waals surface area contributed by atoms with E-state index >= 15 is 0 Å². The van der Waals surface area contributed by atoms with Gasteiger partial charge in [-0.15, -0.1) is 0 Å². The van der Waals surface area contributed by atoms with E-state index in [0.29, 0.717) is 0 Å². The molecule has 0 saturated heterocycles. The zero-order valence-electron chi connectivity index (χ0n) is 10.3. The van der Waals surface area contributed by atoms with Gasteiger partial charge in [0.05, 0.1) is 12.1 Å². The van der Waals surface area contributed by atoms with Gasteiger partial charge in [0.2, 0.25) is 0 Å². The molecule has 0 aliphatic rings. The minimum absolute atomic E-state index is 0.00774. The molecule has 1 aromatic carbocycles. The quantitative estimate of drug-likeness (QED) is 0.880. The molecular weight excluding hydrogens is 222 g/mol. The van der Waals surface area contributed by atoms with Crippen LogP contribution in [0.2, 0.25) is 5.02 Å². The van der Waals surface area contributed by atoms with Crippen LogP contribution in [0, 0.1) is 5.41 Å². The Morgan fingerprint density at radius 2 is 1.69 bits per heavy atom. The Balaban J connectivity index is 2.91. The molecule has 16 heavy (non-hydrogen) atoms. The zero-order valence-corrected chi connectivity index (χ0v) is 11.1. The first kappa shape index (κ1) is 13.5. The van der Waals surface area contributed by atoms with Gasteiger partial charge in [-0.25, -0.2) is 0 Å². The van der Waals surface area contributed by atoms with Gasteiger partial charge in [0.15, 0.2) is 0 Å². The SMILES string of the molecule is COC(C(N)c1ccc(Cl)cc1)C(C)(C)C. The van der Waals surface area contributed by atoms with Gasteiger partial charge in [-0.05, 0) is 23.1 Å². The van der Waals surface area contributed by atoms with Crippen LogP contribution in [0.15, 0.2) is 24.3 Å². The van der Waals surface area contributed by atoms with Crippen LogP contribution in [-0.2, 0) is 4.74 Å². The first-order valence-electron chi connectivity index (χ1n) is 5.40. The van der Waals surface area contributed by atoms with Gasteiger partial charge < -0.3 is 10.5 Å². The fourth-order valence-electron chi connectivity index (χ4n) is 1.90. The topological polar surface area (TPSA) is 35.2 Å². The standard InChI is InChI=1S/C13H20ClNO/c1-13(2,3)12(16-4)11(15)9-5-7-10(14)8-6-9/h5-8,11-12H,15H2,1-4H3. The summed E-state index contributed by atoms with van der Waals surface area (Å²) in [5.74, 6) is 0. The van der Waals surface area contributed by atoms with E-state index in [0.717, 1.165) is 10.6 Å². The number of halogens is 1. The van der Waals surface area contributed by atoms with E-state index in [9.17, 15) is 0 Å². The second-order valence-electron chi connectivity index (χ2n) is 5.10. The highest BCUT2D eigenvalue weighted by Gasteiger charge is 2.30. The predicted molar refractivity (Wildman–Crippen MR) is 68.6 cm³/mol. The third-order valence-electron chi connectivity index (χ3n) is 2.69. The molecule has 1 rings (SSSR count). The summed E-state index contributed by atoms with van der Waals surface area (Å²) in [6.45, 7) is 6.37. The van der Waals surface area contributed by atoms with E-state index in [4.69, 9.17) is 22.1 Å². The Hall–Kier alpha value is -0.570. The summed E-state index contributed by atoms with van der Waals surface area (Å²) in [5, 5.41) is 0.723. The van der Waals surface area contributed by atoms with Gasteiger partial charge in [-0.2, -0.15) is 0 Å². The number of benzene rings is 1. The summed E-state index contributed by atoms with van der Waals surface area (Å²) in [4.78, 5) is 0. The van der Waals surface area contributed by atoms with Crippen molar-refractivity contribution >= 4 is 11.6 Å². The number of nitrogens with two attached hydrogens (primary N) is 1. The van der Waals surface area contributed by atoms with E-state index < -0.39 is 0 Å². The largest absolute Gasteiger partial charge is 0.379 e. The third kappa shape index (κ3) is 3.21. The normalized spacial score (nSPS) is 15.9. The maximum absolute atomic E-state index is 6.22. The summed E-state index contributed by atoms with van der Waals surface area (Å²) in [7, 11) is 1.70. The van der Waals surface area contributed by atoms with Crippen molar-refractivity contribution < 1.29 is 4.74 Å². The Labute approximate surface area is 103 Å². The van der Waals surface area contributed by atoms with Crippen LogP contribution in [0.4, 0.5) is 0 Å². The van der Waals surface area contributed by atoms with Crippen LogP contribution in [-0.4, -0.2) is 13.2 Å². The smallest absolute Gasteiger partial charge is 0.0811 e. The van der Waals surface area contributed by atoms with Gasteiger partial charge in [0, 0.05) is 12.1 Å². The molecule has 2 N–H and O–H groups in total. The van der Waals surface area contributed by atoms with Crippen molar-refractivity contribution in [2.45, 2.75) is 32.9 Å². The van der Waals surface area contributed by atoms with Crippen LogP contribution >= 0.6 is 11.6 Å². The monoisotopic (exact) mass is 241 g/mol. The van der Waals surface area contributed by atoms with Crippen LogP contribution < -0.4 is 5.73 Å². The summed E-state index contributed by atoms with van der Waals surface area (Å²) < 4.78 is 5.50. The molecule has 0 bridgehead atoms. The van der Waals surface area contributed by atoms with Crippen molar-refractivity contribution in [1.82, 2.24) is 0 Å². The fraction of sp³-hybridized carbons (Fsp3) is 0.538. The van der Waals surface area contributed by atoms with Gasteiger partial charge in [-0.3, -0.25) is 0 Å². The van der Waals surface area contributed by atoms with Gasteiger partial charge in [0.25, 0.3) is 0 Å². The molecule has 90 valence electrons. The van der Waals surface area contributed by atoms with E-state index in [1.165, 1.54) is 0 Å². The molecular formula is C13H20ClNO. The zero-order chi connectivity index (χ0) is 12.3. The Morgan fingerprint density at radius 3 is 2.06 bits per heavy atom. The van der Waals surface area contributed by atoms with E-state index in [1.54, 1.807) is 7.11 Å². The Bertz CT molecular complexity index is 329. The first-order chi connectivity index (χ1) is 7.36.